The predicted molar refractivity (Wildman–Crippen MR) is 110 cm³/mol. The number of hydrogen-bond acceptors (Lipinski definition) is 4. The fourth-order valence-corrected chi connectivity index (χ4v) is 3.82. The molecule has 0 amide bonds. The van der Waals surface area contributed by atoms with Gasteiger partial charge in [-0.15, -0.1) is 0 Å². The first-order valence-corrected chi connectivity index (χ1v) is 15.0. The van der Waals surface area contributed by atoms with Gasteiger partial charge in [0.1, 0.15) is 0 Å². The average molecular weight is 392 g/mol. The first-order valence-electron chi connectivity index (χ1n) is 9.22. The zero-order valence-electron chi connectivity index (χ0n) is 18.2. The maximum Gasteiger partial charge on any atom is 0.317 e. The fraction of sp³-hybridized carbons (Fsp3) is 0.944. The summed E-state index contributed by atoms with van der Waals surface area (Å²) in [6, 6.07) is 0. The van der Waals surface area contributed by atoms with Gasteiger partial charge in [-0.05, 0) is 36.3 Å². The number of carboxylic acids is 1. The first kappa shape index (κ1) is 24.8. The molecule has 0 aliphatic carbocycles. The zero-order valence-corrected chi connectivity index (χ0v) is 20.2. The molecule has 0 atom stereocenters. The predicted octanol–water partition coefficient (Wildman–Crippen LogP) is 4.42. The van der Waals surface area contributed by atoms with Gasteiger partial charge in [0.2, 0.25) is 0 Å². The third-order valence-corrected chi connectivity index (χ3v) is 14.8. The highest BCUT2D eigenvalue weighted by atomic mass is 28.4. The van der Waals surface area contributed by atoms with Crippen molar-refractivity contribution >= 4 is 22.6 Å². The van der Waals surface area contributed by atoms with E-state index in [0.717, 1.165) is 0 Å². The molecule has 0 saturated carbocycles. The van der Waals surface area contributed by atoms with Gasteiger partial charge in [-0.3, -0.25) is 9.69 Å². The van der Waals surface area contributed by atoms with Crippen molar-refractivity contribution in [3.05, 3.63) is 0 Å². The Morgan fingerprint density at radius 3 is 1.40 bits per heavy atom. The van der Waals surface area contributed by atoms with Gasteiger partial charge < -0.3 is 14.0 Å². The number of carbonyl (C=O) groups is 1. The average Bonchev–Trinajstić information content (AvgIpc) is 2.34. The molecular weight excluding hydrogens is 350 g/mol. The van der Waals surface area contributed by atoms with Crippen molar-refractivity contribution in [2.75, 3.05) is 32.8 Å². The highest BCUT2D eigenvalue weighted by molar-refractivity contribution is 6.74. The van der Waals surface area contributed by atoms with Gasteiger partial charge in [-0.1, -0.05) is 41.5 Å². The van der Waals surface area contributed by atoms with Crippen LogP contribution in [0, 0.1) is 0 Å². The molecule has 0 unspecified atom stereocenters. The molecule has 0 spiro atoms. The molecule has 1 N–H and O–H groups in total. The molecule has 0 rings (SSSR count). The Kier molecular flexibility index (Phi) is 9.05. The summed E-state index contributed by atoms with van der Waals surface area (Å²) >= 11 is 0. The quantitative estimate of drug-likeness (QED) is 0.559. The summed E-state index contributed by atoms with van der Waals surface area (Å²) in [4.78, 5) is 13.1. The Balaban J connectivity index is 4.56. The summed E-state index contributed by atoms with van der Waals surface area (Å²) in [5.41, 5.74) is 0. The molecule has 0 aromatic heterocycles. The number of rotatable bonds is 10. The van der Waals surface area contributed by atoms with E-state index in [-0.39, 0.29) is 16.6 Å². The molecule has 150 valence electrons. The number of carboxylic acid groups (broad SMARTS) is 1. The topological polar surface area (TPSA) is 59.0 Å². The van der Waals surface area contributed by atoms with Crippen LogP contribution in [0.25, 0.3) is 0 Å². The Labute approximate surface area is 157 Å². The lowest BCUT2D eigenvalue weighted by Gasteiger charge is -2.37. The van der Waals surface area contributed by atoms with Crippen LogP contribution in [0.15, 0.2) is 0 Å². The van der Waals surface area contributed by atoms with E-state index in [2.05, 4.69) is 67.7 Å². The first-order chi connectivity index (χ1) is 11.0. The smallest absolute Gasteiger partial charge is 0.317 e. The van der Waals surface area contributed by atoms with E-state index in [1.54, 1.807) is 0 Å². The van der Waals surface area contributed by atoms with Crippen LogP contribution in [0.5, 0.6) is 0 Å². The summed E-state index contributed by atoms with van der Waals surface area (Å²) in [5.74, 6) is -0.806. The van der Waals surface area contributed by atoms with E-state index in [1.807, 2.05) is 4.90 Å². The maximum atomic E-state index is 11.1. The van der Waals surface area contributed by atoms with E-state index in [0.29, 0.717) is 26.3 Å². The monoisotopic (exact) mass is 391 g/mol. The van der Waals surface area contributed by atoms with E-state index in [9.17, 15) is 4.79 Å². The van der Waals surface area contributed by atoms with E-state index in [4.69, 9.17) is 14.0 Å². The third kappa shape index (κ3) is 8.81. The second-order valence-corrected chi connectivity index (χ2v) is 19.5. The van der Waals surface area contributed by atoms with Crippen molar-refractivity contribution in [1.29, 1.82) is 0 Å². The molecule has 0 bridgehead atoms. The molecule has 0 aliphatic heterocycles. The van der Waals surface area contributed by atoms with Crippen LogP contribution in [-0.2, 0) is 13.6 Å². The molecule has 25 heavy (non-hydrogen) atoms. The Bertz CT molecular complexity index is 394. The molecule has 5 nitrogen and oxygen atoms in total. The van der Waals surface area contributed by atoms with Crippen molar-refractivity contribution in [3.8, 4) is 0 Å². The Hall–Kier alpha value is -0.216. The highest BCUT2D eigenvalue weighted by Crippen LogP contribution is 2.37. The van der Waals surface area contributed by atoms with Crippen LogP contribution >= 0.6 is 0 Å². The highest BCUT2D eigenvalue weighted by Gasteiger charge is 2.38. The summed E-state index contributed by atoms with van der Waals surface area (Å²) in [5, 5.41) is 9.48. The van der Waals surface area contributed by atoms with Gasteiger partial charge in [0, 0.05) is 26.3 Å². The second kappa shape index (κ2) is 9.12. The Morgan fingerprint density at radius 2 is 1.16 bits per heavy atom. The van der Waals surface area contributed by atoms with E-state index < -0.39 is 22.6 Å². The minimum Gasteiger partial charge on any atom is -0.480 e. The molecular formula is C18H41NO4Si2. The van der Waals surface area contributed by atoms with Gasteiger partial charge in [0.05, 0.1) is 6.54 Å². The minimum absolute atomic E-state index is 0.0295. The van der Waals surface area contributed by atoms with Gasteiger partial charge in [-0.2, -0.15) is 0 Å². The number of nitrogens with zero attached hydrogens (tertiary/aromatic N) is 1. The van der Waals surface area contributed by atoms with Crippen LogP contribution in [0.3, 0.4) is 0 Å². The summed E-state index contributed by atoms with van der Waals surface area (Å²) < 4.78 is 12.4. The van der Waals surface area contributed by atoms with Gasteiger partial charge in [0.25, 0.3) is 0 Å². The van der Waals surface area contributed by atoms with Crippen LogP contribution in [0.1, 0.15) is 41.5 Å². The molecule has 0 radical (unpaired) electrons. The fourth-order valence-electron chi connectivity index (χ4n) is 1.75. The van der Waals surface area contributed by atoms with Crippen molar-refractivity contribution < 1.29 is 18.8 Å². The molecule has 0 heterocycles. The van der Waals surface area contributed by atoms with Gasteiger partial charge >= 0.3 is 5.97 Å². The lowest BCUT2D eigenvalue weighted by atomic mass is 10.2. The van der Waals surface area contributed by atoms with Crippen molar-refractivity contribution in [3.63, 3.8) is 0 Å². The maximum absolute atomic E-state index is 11.1. The third-order valence-electron chi connectivity index (χ3n) is 5.71. The Morgan fingerprint density at radius 1 is 0.840 bits per heavy atom. The SMILES string of the molecule is CC(C)(C)[Si](C)(C)OCCN(CCO[Si](C)(C)C(C)(C)C)CC(=O)O. The molecule has 0 aromatic rings. The lowest BCUT2D eigenvalue weighted by Crippen LogP contribution is -2.45. The van der Waals surface area contributed by atoms with Crippen molar-refractivity contribution in [1.82, 2.24) is 4.90 Å². The minimum atomic E-state index is -1.80. The van der Waals surface area contributed by atoms with Crippen LogP contribution in [0.4, 0.5) is 0 Å². The summed E-state index contributed by atoms with van der Waals surface area (Å²) in [6.07, 6.45) is 0. The zero-order chi connectivity index (χ0) is 20.1. The molecule has 0 aromatic carbocycles. The van der Waals surface area contributed by atoms with E-state index in [1.165, 1.54) is 0 Å². The molecule has 7 heteroatoms. The molecule has 0 fully saturated rings. The van der Waals surface area contributed by atoms with Gasteiger partial charge in [-0.25, -0.2) is 0 Å². The van der Waals surface area contributed by atoms with Crippen LogP contribution < -0.4 is 0 Å². The van der Waals surface area contributed by atoms with Gasteiger partial charge in [0.15, 0.2) is 16.6 Å². The van der Waals surface area contributed by atoms with Crippen molar-refractivity contribution in [2.45, 2.75) is 77.8 Å². The largest absolute Gasteiger partial charge is 0.480 e. The summed E-state index contributed by atoms with van der Waals surface area (Å²) in [7, 11) is -3.59. The number of hydrogen-bond donors (Lipinski definition) is 1. The standard InChI is InChI=1S/C18H41NO4Si2/c1-17(2,3)24(7,8)22-13-11-19(15-16(20)21)12-14-23-25(9,10)18(4,5)6/h11-15H2,1-10H3,(H,20,21). The molecule has 0 aliphatic rings. The van der Waals surface area contributed by atoms with Crippen LogP contribution in [-0.4, -0.2) is 65.5 Å². The lowest BCUT2D eigenvalue weighted by molar-refractivity contribution is -0.138. The second-order valence-electron chi connectivity index (χ2n) is 9.89. The summed E-state index contributed by atoms with van der Waals surface area (Å²) in [6.45, 7) is 24.6. The molecule has 0 saturated heterocycles. The van der Waals surface area contributed by atoms with E-state index >= 15 is 0 Å². The normalized spacial score (nSPS) is 14.2. The van der Waals surface area contributed by atoms with Crippen molar-refractivity contribution in [2.24, 2.45) is 0 Å². The van der Waals surface area contributed by atoms with Crippen LogP contribution in [0.2, 0.25) is 36.3 Å². The number of aliphatic carboxylic acids is 1.